The topological polar surface area (TPSA) is 121 Å². The molecule has 1 unspecified atom stereocenters. The highest BCUT2D eigenvalue weighted by Crippen LogP contribution is 2.34. The van der Waals surface area contributed by atoms with Gasteiger partial charge in [-0.25, -0.2) is 0 Å². The number of nitrogens with one attached hydrogen (secondary N) is 2. The summed E-state index contributed by atoms with van der Waals surface area (Å²) < 4.78 is 6.78. The molecule has 0 radical (unpaired) electrons. The predicted octanol–water partition coefficient (Wildman–Crippen LogP) is 1.93. The van der Waals surface area contributed by atoms with E-state index in [1.165, 1.54) is 17.4 Å². The van der Waals surface area contributed by atoms with Crippen molar-refractivity contribution in [2.24, 2.45) is 0 Å². The summed E-state index contributed by atoms with van der Waals surface area (Å²) in [5.41, 5.74) is 0.786. The van der Waals surface area contributed by atoms with Crippen molar-refractivity contribution in [3.05, 3.63) is 59.2 Å². The van der Waals surface area contributed by atoms with Gasteiger partial charge in [0, 0.05) is 31.3 Å². The first-order chi connectivity index (χ1) is 14.5. The Morgan fingerprint density at radius 2 is 2.03 bits per heavy atom. The van der Waals surface area contributed by atoms with E-state index < -0.39 is 12.7 Å². The van der Waals surface area contributed by atoms with E-state index in [0.717, 1.165) is 15.6 Å². The highest BCUT2D eigenvalue weighted by molar-refractivity contribution is 7.20. The lowest BCUT2D eigenvalue weighted by Crippen LogP contribution is -2.32. The highest BCUT2D eigenvalue weighted by Gasteiger charge is 2.13. The monoisotopic (exact) mass is 427 g/mol. The van der Waals surface area contributed by atoms with Crippen molar-refractivity contribution < 1.29 is 24.5 Å². The molecule has 0 aliphatic heterocycles. The first kappa shape index (κ1) is 21.4. The zero-order chi connectivity index (χ0) is 21.5. The summed E-state index contributed by atoms with van der Waals surface area (Å²) in [4.78, 5) is 28.3. The molecule has 3 aromatic rings. The van der Waals surface area contributed by atoms with Crippen molar-refractivity contribution in [3.63, 3.8) is 0 Å². The lowest BCUT2D eigenvalue weighted by atomic mass is 10.2. The second kappa shape index (κ2) is 9.97. The molecular weight excluding hydrogens is 406 g/mol. The van der Waals surface area contributed by atoms with Crippen molar-refractivity contribution in [3.8, 4) is 11.5 Å². The van der Waals surface area contributed by atoms with Gasteiger partial charge < -0.3 is 25.6 Å². The van der Waals surface area contributed by atoms with Crippen molar-refractivity contribution in [1.29, 1.82) is 0 Å². The molecular formula is C21H21N3O5S. The Hall–Kier alpha value is -3.27. The Balaban J connectivity index is 1.67. The van der Waals surface area contributed by atoms with E-state index in [9.17, 15) is 14.7 Å². The van der Waals surface area contributed by atoms with Crippen LogP contribution in [0.3, 0.4) is 0 Å². The second-order valence-electron chi connectivity index (χ2n) is 6.33. The largest absolute Gasteiger partial charge is 0.455 e. The van der Waals surface area contributed by atoms with Crippen LogP contribution in [0.4, 0.5) is 0 Å². The molecule has 0 aliphatic carbocycles. The van der Waals surface area contributed by atoms with Gasteiger partial charge in [-0.05, 0) is 29.8 Å². The molecule has 30 heavy (non-hydrogen) atoms. The number of hydrogen-bond acceptors (Lipinski definition) is 7. The summed E-state index contributed by atoms with van der Waals surface area (Å²) in [7, 11) is 1.58. The van der Waals surface area contributed by atoms with Gasteiger partial charge in [0.15, 0.2) is 5.75 Å². The molecule has 2 aromatic heterocycles. The van der Waals surface area contributed by atoms with Gasteiger partial charge in [-0.1, -0.05) is 12.1 Å². The number of thiophene rings is 1. The van der Waals surface area contributed by atoms with Gasteiger partial charge in [0.25, 0.3) is 5.91 Å². The van der Waals surface area contributed by atoms with Crippen molar-refractivity contribution in [1.82, 2.24) is 15.6 Å². The summed E-state index contributed by atoms with van der Waals surface area (Å²) in [6.07, 6.45) is 5.28. The number of fused-ring (bicyclic) bond motifs is 1. The standard InChI is InChI=1S/C21H21N3O5S/c1-22-21(28)18-8-16-17(10-23-11-19(16)30-18)29-15-5-2-13(3-6-15)4-7-20(27)24-9-14(26)12-25/h2-8,10-11,14,25-26H,9,12H2,1H3,(H,22,28)(H,24,27). The van der Waals surface area contributed by atoms with Gasteiger partial charge in [0.05, 0.1) is 28.5 Å². The van der Waals surface area contributed by atoms with E-state index in [4.69, 9.17) is 9.84 Å². The van der Waals surface area contributed by atoms with E-state index in [-0.39, 0.29) is 18.4 Å². The number of amides is 2. The van der Waals surface area contributed by atoms with Crippen LogP contribution in [0.15, 0.2) is 48.8 Å². The number of benzene rings is 1. The van der Waals surface area contributed by atoms with Crippen LogP contribution in [0.2, 0.25) is 0 Å². The smallest absolute Gasteiger partial charge is 0.261 e. The average molecular weight is 427 g/mol. The number of carbonyl (C=O) groups is 2. The number of aromatic nitrogens is 1. The maximum atomic E-state index is 11.9. The van der Waals surface area contributed by atoms with Crippen molar-refractivity contribution in [2.45, 2.75) is 6.10 Å². The SMILES string of the molecule is CNC(=O)c1cc2c(Oc3ccc(C=CC(=O)NCC(O)CO)cc3)cncc2s1. The van der Waals surface area contributed by atoms with Crippen LogP contribution in [0.25, 0.3) is 16.2 Å². The summed E-state index contributed by atoms with van der Waals surface area (Å²) in [6.45, 7) is -0.427. The lowest BCUT2D eigenvalue weighted by Gasteiger charge is -2.07. The average Bonchev–Trinajstić information content (AvgIpc) is 3.22. The van der Waals surface area contributed by atoms with Crippen LogP contribution in [-0.4, -0.2) is 53.3 Å². The normalized spacial score (nSPS) is 12.1. The fraction of sp³-hybridized carbons (Fsp3) is 0.190. The van der Waals surface area contributed by atoms with Crippen LogP contribution in [0.1, 0.15) is 15.2 Å². The summed E-state index contributed by atoms with van der Waals surface area (Å²) in [5, 5.41) is 23.8. The molecule has 1 aromatic carbocycles. The van der Waals surface area contributed by atoms with Gasteiger partial charge >= 0.3 is 0 Å². The van der Waals surface area contributed by atoms with E-state index in [1.807, 2.05) is 0 Å². The fourth-order valence-electron chi connectivity index (χ4n) is 2.54. The van der Waals surface area contributed by atoms with Crippen LogP contribution in [-0.2, 0) is 4.79 Å². The number of pyridine rings is 1. The van der Waals surface area contributed by atoms with Crippen LogP contribution < -0.4 is 15.4 Å². The number of rotatable bonds is 8. The molecule has 2 amide bonds. The minimum atomic E-state index is -0.978. The zero-order valence-electron chi connectivity index (χ0n) is 16.2. The molecule has 0 spiro atoms. The molecule has 0 fully saturated rings. The van der Waals surface area contributed by atoms with Crippen molar-refractivity contribution >= 4 is 39.3 Å². The molecule has 0 aliphatic rings. The minimum Gasteiger partial charge on any atom is -0.455 e. The van der Waals surface area contributed by atoms with Gasteiger partial charge in [0.2, 0.25) is 5.91 Å². The number of hydrogen-bond donors (Lipinski definition) is 4. The molecule has 9 heteroatoms. The number of aliphatic hydroxyl groups excluding tert-OH is 2. The molecule has 8 nitrogen and oxygen atoms in total. The molecule has 0 saturated heterocycles. The molecule has 1 atom stereocenters. The molecule has 0 bridgehead atoms. The van der Waals surface area contributed by atoms with E-state index in [1.54, 1.807) is 55.8 Å². The van der Waals surface area contributed by atoms with E-state index >= 15 is 0 Å². The fourth-order valence-corrected chi connectivity index (χ4v) is 3.53. The van der Waals surface area contributed by atoms with E-state index in [2.05, 4.69) is 15.6 Å². The Labute approximate surface area is 176 Å². The number of carbonyl (C=O) groups excluding carboxylic acids is 2. The quantitative estimate of drug-likeness (QED) is 0.408. The summed E-state index contributed by atoms with van der Waals surface area (Å²) >= 11 is 1.34. The molecule has 3 rings (SSSR count). The zero-order valence-corrected chi connectivity index (χ0v) is 17.0. The molecule has 4 N–H and O–H groups in total. The highest BCUT2D eigenvalue weighted by atomic mass is 32.1. The van der Waals surface area contributed by atoms with Crippen LogP contribution >= 0.6 is 11.3 Å². The first-order valence-corrected chi connectivity index (χ1v) is 9.94. The Bertz CT molecular complexity index is 1060. The van der Waals surface area contributed by atoms with Gasteiger partial charge in [0.1, 0.15) is 5.75 Å². The maximum Gasteiger partial charge on any atom is 0.261 e. The van der Waals surface area contributed by atoms with Crippen LogP contribution in [0.5, 0.6) is 11.5 Å². The Morgan fingerprint density at radius 3 is 2.73 bits per heavy atom. The third-order valence-electron chi connectivity index (χ3n) is 4.12. The van der Waals surface area contributed by atoms with E-state index in [0.29, 0.717) is 16.4 Å². The molecule has 0 saturated carbocycles. The Kier molecular flexibility index (Phi) is 7.12. The van der Waals surface area contributed by atoms with Gasteiger partial charge in [-0.15, -0.1) is 11.3 Å². The predicted molar refractivity (Wildman–Crippen MR) is 115 cm³/mol. The summed E-state index contributed by atoms with van der Waals surface area (Å²) in [6, 6.07) is 8.88. The van der Waals surface area contributed by atoms with Crippen molar-refractivity contribution in [2.75, 3.05) is 20.2 Å². The lowest BCUT2D eigenvalue weighted by molar-refractivity contribution is -0.117. The maximum absolute atomic E-state index is 11.9. The number of nitrogens with zero attached hydrogens (tertiary/aromatic N) is 1. The minimum absolute atomic E-state index is 0.0176. The van der Waals surface area contributed by atoms with Gasteiger partial charge in [-0.2, -0.15) is 0 Å². The third kappa shape index (κ3) is 5.41. The van der Waals surface area contributed by atoms with Crippen LogP contribution in [0, 0.1) is 0 Å². The summed E-state index contributed by atoms with van der Waals surface area (Å²) in [5.74, 6) is 0.604. The number of aliphatic hydroxyl groups is 2. The van der Waals surface area contributed by atoms with Gasteiger partial charge in [-0.3, -0.25) is 14.6 Å². The second-order valence-corrected chi connectivity index (χ2v) is 7.41. The number of ether oxygens (including phenoxy) is 1. The third-order valence-corrected chi connectivity index (χ3v) is 5.19. The molecule has 156 valence electrons. The molecule has 2 heterocycles. The first-order valence-electron chi connectivity index (χ1n) is 9.12. The Morgan fingerprint density at radius 1 is 1.27 bits per heavy atom.